The fourth-order valence-corrected chi connectivity index (χ4v) is 3.57. The fraction of sp³-hybridized carbons (Fsp3) is 0.533. The first-order chi connectivity index (χ1) is 11.7. The van der Waals surface area contributed by atoms with E-state index in [-0.39, 0.29) is 6.04 Å². The van der Waals surface area contributed by atoms with Crippen molar-refractivity contribution in [3.8, 4) is 0 Å². The van der Waals surface area contributed by atoms with Crippen LogP contribution in [0.3, 0.4) is 0 Å². The van der Waals surface area contributed by atoms with E-state index >= 15 is 0 Å². The average molecular weight is 476 g/mol. The van der Waals surface area contributed by atoms with Crippen LogP contribution in [0, 0.1) is 0 Å². The van der Waals surface area contributed by atoms with Crippen LogP contribution >= 0.6 is 31.9 Å². The van der Waals surface area contributed by atoms with Gasteiger partial charge >= 0.3 is 6.09 Å². The topological polar surface area (TPSA) is 97.8 Å². The molecule has 3 heterocycles. The maximum Gasteiger partial charge on any atom is 0.407 e. The molecular formula is C15H20Br2N6O2. The zero-order valence-electron chi connectivity index (χ0n) is 14.2. The number of ether oxygens (including phenoxy) is 1. The van der Waals surface area contributed by atoms with Gasteiger partial charge < -0.3 is 20.7 Å². The Balaban J connectivity index is 1.76. The van der Waals surface area contributed by atoms with E-state index in [1.807, 2.05) is 20.8 Å². The third-order valence-electron chi connectivity index (χ3n) is 3.77. The number of carbonyl (C=O) groups is 1. The SMILES string of the molecule is CC(C)(C)OC(=O)N[C@H]1CCN(c2nc3c(Br)cnn3c(N)c2Br)C1. The summed E-state index contributed by atoms with van der Waals surface area (Å²) in [7, 11) is 0. The number of alkyl carbamates (subject to hydrolysis) is 1. The van der Waals surface area contributed by atoms with Gasteiger partial charge in [0.2, 0.25) is 0 Å². The highest BCUT2D eigenvalue weighted by molar-refractivity contribution is 9.11. The highest BCUT2D eigenvalue weighted by Crippen LogP contribution is 2.34. The van der Waals surface area contributed by atoms with Crippen molar-refractivity contribution in [3.63, 3.8) is 0 Å². The first-order valence-electron chi connectivity index (χ1n) is 7.88. The number of fused-ring (bicyclic) bond motifs is 1. The standard InChI is InChI=1S/C15H20Br2N6O2/c1-15(2,3)25-14(24)20-8-4-5-22(7-8)13-10(17)11(18)23-12(21-13)9(16)6-19-23/h6,8H,4-5,7,18H2,1-3H3,(H,20,24)/t8-/m0/s1. The maximum atomic E-state index is 11.9. The monoisotopic (exact) mass is 474 g/mol. The molecule has 1 amide bonds. The number of hydrogen-bond donors (Lipinski definition) is 2. The van der Waals surface area contributed by atoms with E-state index in [2.05, 4.69) is 52.2 Å². The Kier molecular flexibility index (Phi) is 4.84. The lowest BCUT2D eigenvalue weighted by Gasteiger charge is -2.23. The summed E-state index contributed by atoms with van der Waals surface area (Å²) in [6.45, 7) is 6.92. The van der Waals surface area contributed by atoms with Crippen molar-refractivity contribution in [3.05, 3.63) is 15.1 Å². The van der Waals surface area contributed by atoms with Crippen molar-refractivity contribution in [1.82, 2.24) is 19.9 Å². The van der Waals surface area contributed by atoms with Crippen LogP contribution in [0.2, 0.25) is 0 Å². The third-order valence-corrected chi connectivity index (χ3v) is 5.09. The zero-order valence-corrected chi connectivity index (χ0v) is 17.4. The van der Waals surface area contributed by atoms with Crippen molar-refractivity contribution in [1.29, 1.82) is 0 Å². The number of nitrogens with one attached hydrogen (secondary N) is 1. The predicted molar refractivity (Wildman–Crippen MR) is 103 cm³/mol. The molecule has 0 saturated carbocycles. The predicted octanol–water partition coefficient (Wildman–Crippen LogP) is 2.94. The van der Waals surface area contributed by atoms with E-state index in [1.165, 1.54) is 0 Å². The van der Waals surface area contributed by atoms with E-state index in [9.17, 15) is 4.79 Å². The number of anilines is 2. The van der Waals surface area contributed by atoms with Gasteiger partial charge in [-0.2, -0.15) is 9.61 Å². The molecule has 1 atom stereocenters. The van der Waals surface area contributed by atoms with Gasteiger partial charge in [0.05, 0.1) is 16.7 Å². The van der Waals surface area contributed by atoms with Crippen molar-refractivity contribution in [2.45, 2.75) is 38.8 Å². The summed E-state index contributed by atoms with van der Waals surface area (Å²) in [6.07, 6.45) is 2.06. The van der Waals surface area contributed by atoms with Crippen molar-refractivity contribution in [2.24, 2.45) is 0 Å². The lowest BCUT2D eigenvalue weighted by atomic mass is 10.2. The van der Waals surface area contributed by atoms with Crippen LogP contribution in [0.25, 0.3) is 5.65 Å². The van der Waals surface area contributed by atoms with Crippen LogP contribution in [0.4, 0.5) is 16.4 Å². The quantitative estimate of drug-likeness (QED) is 0.692. The highest BCUT2D eigenvalue weighted by Gasteiger charge is 2.29. The van der Waals surface area contributed by atoms with Gasteiger partial charge in [0, 0.05) is 13.1 Å². The fourth-order valence-electron chi connectivity index (χ4n) is 2.71. The summed E-state index contributed by atoms with van der Waals surface area (Å²) in [5.74, 6) is 1.22. The number of hydrogen-bond acceptors (Lipinski definition) is 6. The largest absolute Gasteiger partial charge is 0.444 e. The Morgan fingerprint density at radius 3 is 2.84 bits per heavy atom. The number of nitrogens with zero attached hydrogens (tertiary/aromatic N) is 4. The first-order valence-corrected chi connectivity index (χ1v) is 9.47. The Morgan fingerprint density at radius 2 is 2.16 bits per heavy atom. The smallest absolute Gasteiger partial charge is 0.407 e. The molecule has 8 nitrogen and oxygen atoms in total. The lowest BCUT2D eigenvalue weighted by molar-refractivity contribution is 0.0509. The number of amides is 1. The van der Waals surface area contributed by atoms with Crippen molar-refractivity contribution >= 4 is 55.2 Å². The van der Waals surface area contributed by atoms with Crippen LogP contribution in [0.5, 0.6) is 0 Å². The molecule has 3 rings (SSSR count). The summed E-state index contributed by atoms with van der Waals surface area (Å²) in [5.41, 5.74) is 6.30. The van der Waals surface area contributed by atoms with Crippen molar-refractivity contribution < 1.29 is 9.53 Å². The van der Waals surface area contributed by atoms with Gasteiger partial charge in [0.15, 0.2) is 5.65 Å². The second-order valence-corrected chi connectivity index (χ2v) is 8.59. The van der Waals surface area contributed by atoms with E-state index < -0.39 is 11.7 Å². The third kappa shape index (κ3) is 3.84. The van der Waals surface area contributed by atoms with Gasteiger partial charge in [-0.1, -0.05) is 0 Å². The molecule has 1 fully saturated rings. The molecule has 3 N–H and O–H groups in total. The van der Waals surface area contributed by atoms with Gasteiger partial charge in [-0.15, -0.1) is 0 Å². The molecule has 0 aromatic carbocycles. The van der Waals surface area contributed by atoms with Crippen LogP contribution in [0.15, 0.2) is 15.1 Å². The zero-order chi connectivity index (χ0) is 18.4. The molecular weight excluding hydrogens is 456 g/mol. The van der Waals surface area contributed by atoms with Gasteiger partial charge in [-0.25, -0.2) is 9.78 Å². The summed E-state index contributed by atoms with van der Waals surface area (Å²) in [6, 6.07) is -0.00523. The molecule has 1 saturated heterocycles. The molecule has 0 aliphatic carbocycles. The summed E-state index contributed by atoms with van der Waals surface area (Å²) in [5, 5.41) is 7.10. The number of rotatable bonds is 2. The van der Waals surface area contributed by atoms with E-state index in [0.717, 1.165) is 23.3 Å². The molecule has 0 unspecified atom stereocenters. The molecule has 10 heteroatoms. The van der Waals surface area contributed by atoms with Crippen LogP contribution in [-0.2, 0) is 4.74 Å². The molecule has 1 aliphatic rings. The molecule has 2 aromatic rings. The number of nitrogen functional groups attached to an aromatic ring is 1. The van der Waals surface area contributed by atoms with E-state index in [0.29, 0.717) is 22.5 Å². The van der Waals surface area contributed by atoms with E-state index in [1.54, 1.807) is 10.7 Å². The Bertz CT molecular complexity index is 816. The molecule has 1 aliphatic heterocycles. The summed E-state index contributed by atoms with van der Waals surface area (Å²) >= 11 is 6.95. The molecule has 2 aromatic heterocycles. The van der Waals surface area contributed by atoms with Crippen LogP contribution < -0.4 is 16.0 Å². The Labute approximate surface area is 162 Å². The first kappa shape index (κ1) is 18.2. The second kappa shape index (κ2) is 6.64. The maximum absolute atomic E-state index is 11.9. The summed E-state index contributed by atoms with van der Waals surface area (Å²) < 4.78 is 8.35. The van der Waals surface area contributed by atoms with E-state index in [4.69, 9.17) is 10.5 Å². The normalized spacial score (nSPS) is 18.0. The lowest BCUT2D eigenvalue weighted by Crippen LogP contribution is -2.40. The minimum atomic E-state index is -0.513. The van der Waals surface area contributed by atoms with Gasteiger partial charge in [0.1, 0.15) is 21.7 Å². The molecule has 0 spiro atoms. The molecule has 0 bridgehead atoms. The second-order valence-electron chi connectivity index (χ2n) is 6.94. The van der Waals surface area contributed by atoms with Gasteiger partial charge in [-0.05, 0) is 59.1 Å². The number of nitrogens with two attached hydrogens (primary N) is 1. The Hall–Kier alpha value is -1.55. The minimum absolute atomic E-state index is 0.00523. The minimum Gasteiger partial charge on any atom is -0.444 e. The van der Waals surface area contributed by atoms with Gasteiger partial charge in [-0.3, -0.25) is 0 Å². The molecule has 0 radical (unpaired) electrons. The average Bonchev–Trinajstić information content (AvgIpc) is 3.08. The van der Waals surface area contributed by atoms with Gasteiger partial charge in [0.25, 0.3) is 0 Å². The Morgan fingerprint density at radius 1 is 1.44 bits per heavy atom. The highest BCUT2D eigenvalue weighted by atomic mass is 79.9. The number of halogens is 2. The van der Waals surface area contributed by atoms with Crippen molar-refractivity contribution in [2.75, 3.05) is 23.7 Å². The number of aromatic nitrogens is 3. The number of carbonyl (C=O) groups excluding carboxylic acids is 1. The van der Waals surface area contributed by atoms with Crippen LogP contribution in [0.1, 0.15) is 27.2 Å². The molecule has 25 heavy (non-hydrogen) atoms. The molecule has 136 valence electrons. The van der Waals surface area contributed by atoms with Crippen LogP contribution in [-0.4, -0.2) is 45.4 Å². The summed E-state index contributed by atoms with van der Waals surface area (Å²) in [4.78, 5) is 18.7.